The van der Waals surface area contributed by atoms with Crippen LogP contribution in [0, 0.1) is 9.39 Å². The topological polar surface area (TPSA) is 35.2 Å². The number of benzene rings is 1. The maximum absolute atomic E-state index is 13.0. The molecule has 0 aliphatic heterocycles. The van der Waals surface area contributed by atoms with Crippen LogP contribution < -0.4 is 5.73 Å². The maximum atomic E-state index is 13.0. The molecule has 17 heavy (non-hydrogen) atoms. The summed E-state index contributed by atoms with van der Waals surface area (Å²) in [5.74, 6) is -0.220. The van der Waals surface area contributed by atoms with Crippen LogP contribution in [-0.2, 0) is 4.74 Å². The Hall–Kier alpha value is -0.200. The van der Waals surface area contributed by atoms with Crippen LogP contribution in [0.2, 0.25) is 0 Å². The fraction of sp³-hybridized carbons (Fsp3) is 0.538. The highest BCUT2D eigenvalue weighted by Gasteiger charge is 2.19. The summed E-state index contributed by atoms with van der Waals surface area (Å²) in [5, 5.41) is 0. The molecule has 1 aromatic carbocycles. The normalized spacial score (nSPS) is 13.8. The van der Waals surface area contributed by atoms with Gasteiger partial charge in [0.25, 0.3) is 0 Å². The molecule has 2 N–H and O–H groups in total. The van der Waals surface area contributed by atoms with E-state index >= 15 is 0 Å². The van der Waals surface area contributed by atoms with Crippen molar-refractivity contribution in [1.82, 2.24) is 0 Å². The van der Waals surface area contributed by atoms with Crippen molar-refractivity contribution >= 4 is 22.6 Å². The van der Waals surface area contributed by atoms with Crippen molar-refractivity contribution in [1.29, 1.82) is 0 Å². The third-order valence-corrected chi connectivity index (χ3v) is 3.91. The van der Waals surface area contributed by atoms with Crippen molar-refractivity contribution in [3.05, 3.63) is 33.1 Å². The molecule has 96 valence electrons. The van der Waals surface area contributed by atoms with E-state index < -0.39 is 0 Å². The van der Waals surface area contributed by atoms with Crippen LogP contribution >= 0.6 is 22.6 Å². The highest BCUT2D eigenvalue weighted by molar-refractivity contribution is 14.1. The van der Waals surface area contributed by atoms with Gasteiger partial charge in [-0.1, -0.05) is 6.07 Å². The van der Waals surface area contributed by atoms with Crippen LogP contribution in [0.15, 0.2) is 18.2 Å². The summed E-state index contributed by atoms with van der Waals surface area (Å²) < 4.78 is 19.2. The SMILES string of the molecule is COC(C)(C)CCC(N)c1ccc(F)cc1I. The summed E-state index contributed by atoms with van der Waals surface area (Å²) in [6, 6.07) is 4.66. The second kappa shape index (κ2) is 6.11. The molecule has 0 amide bonds. The lowest BCUT2D eigenvalue weighted by atomic mass is 9.95. The molecule has 1 aromatic rings. The minimum absolute atomic E-state index is 0.0723. The molecule has 0 aliphatic carbocycles. The van der Waals surface area contributed by atoms with Crippen LogP contribution in [0.3, 0.4) is 0 Å². The molecule has 0 spiro atoms. The average molecular weight is 351 g/mol. The van der Waals surface area contributed by atoms with E-state index in [2.05, 4.69) is 22.6 Å². The lowest BCUT2D eigenvalue weighted by molar-refractivity contribution is 0.0125. The van der Waals surface area contributed by atoms with Gasteiger partial charge < -0.3 is 10.5 Å². The first-order valence-electron chi connectivity index (χ1n) is 5.61. The van der Waals surface area contributed by atoms with E-state index in [4.69, 9.17) is 10.5 Å². The van der Waals surface area contributed by atoms with Gasteiger partial charge in [-0.15, -0.1) is 0 Å². The van der Waals surface area contributed by atoms with E-state index in [0.29, 0.717) is 0 Å². The molecule has 0 radical (unpaired) electrons. The summed E-state index contributed by atoms with van der Waals surface area (Å²) >= 11 is 2.12. The number of nitrogens with two attached hydrogens (primary N) is 1. The Morgan fingerprint density at radius 1 is 1.47 bits per heavy atom. The lowest BCUT2D eigenvalue weighted by Crippen LogP contribution is -2.25. The fourth-order valence-electron chi connectivity index (χ4n) is 1.56. The first kappa shape index (κ1) is 14.9. The predicted molar refractivity (Wildman–Crippen MR) is 76.4 cm³/mol. The third kappa shape index (κ3) is 4.52. The van der Waals surface area contributed by atoms with Crippen LogP contribution in [0.5, 0.6) is 0 Å². The minimum Gasteiger partial charge on any atom is -0.379 e. The van der Waals surface area contributed by atoms with E-state index in [0.717, 1.165) is 22.0 Å². The average Bonchev–Trinajstić information content (AvgIpc) is 2.26. The van der Waals surface area contributed by atoms with Crippen molar-refractivity contribution in [2.24, 2.45) is 5.73 Å². The van der Waals surface area contributed by atoms with Crippen molar-refractivity contribution < 1.29 is 9.13 Å². The largest absolute Gasteiger partial charge is 0.379 e. The molecular weight excluding hydrogens is 332 g/mol. The first-order valence-corrected chi connectivity index (χ1v) is 6.69. The number of hydrogen-bond donors (Lipinski definition) is 1. The quantitative estimate of drug-likeness (QED) is 0.823. The predicted octanol–water partition coefficient (Wildman–Crippen LogP) is 3.64. The highest BCUT2D eigenvalue weighted by atomic mass is 127. The molecule has 0 heterocycles. The Kier molecular flexibility index (Phi) is 5.34. The molecule has 0 saturated carbocycles. The van der Waals surface area contributed by atoms with E-state index in [1.165, 1.54) is 12.1 Å². The lowest BCUT2D eigenvalue weighted by Gasteiger charge is -2.25. The molecular formula is C13H19FINO. The Balaban J connectivity index is 2.67. The summed E-state index contributed by atoms with van der Waals surface area (Å²) in [6.45, 7) is 4.07. The molecule has 0 aliphatic rings. The number of ether oxygens (including phenoxy) is 1. The van der Waals surface area contributed by atoms with Crippen LogP contribution in [0.4, 0.5) is 4.39 Å². The van der Waals surface area contributed by atoms with Gasteiger partial charge in [0.15, 0.2) is 0 Å². The van der Waals surface area contributed by atoms with Gasteiger partial charge in [0.2, 0.25) is 0 Å². The zero-order chi connectivity index (χ0) is 13.1. The van der Waals surface area contributed by atoms with Crippen LogP contribution in [0.25, 0.3) is 0 Å². The third-order valence-electron chi connectivity index (χ3n) is 2.97. The van der Waals surface area contributed by atoms with E-state index in [9.17, 15) is 4.39 Å². The van der Waals surface area contributed by atoms with Crippen molar-refractivity contribution in [3.63, 3.8) is 0 Å². The van der Waals surface area contributed by atoms with Gasteiger partial charge in [-0.25, -0.2) is 4.39 Å². The standard InChI is InChI=1S/C13H19FINO/c1-13(2,17-3)7-6-12(16)10-5-4-9(14)8-11(10)15/h4-5,8,12H,6-7,16H2,1-3H3. The molecule has 1 unspecified atom stereocenters. The van der Waals surface area contributed by atoms with Gasteiger partial charge in [-0.2, -0.15) is 0 Å². The summed E-state index contributed by atoms with van der Waals surface area (Å²) in [7, 11) is 1.70. The molecule has 1 atom stereocenters. The second-order valence-electron chi connectivity index (χ2n) is 4.77. The van der Waals surface area contributed by atoms with Gasteiger partial charge in [0, 0.05) is 16.7 Å². The van der Waals surface area contributed by atoms with Gasteiger partial charge >= 0.3 is 0 Å². The summed E-state index contributed by atoms with van der Waals surface area (Å²) in [4.78, 5) is 0. The van der Waals surface area contributed by atoms with Gasteiger partial charge in [-0.3, -0.25) is 0 Å². The zero-order valence-corrected chi connectivity index (χ0v) is 12.6. The number of hydrogen-bond acceptors (Lipinski definition) is 2. The molecule has 1 rings (SSSR count). The molecule has 2 nitrogen and oxygen atoms in total. The molecule has 0 saturated heterocycles. The fourth-order valence-corrected chi connectivity index (χ4v) is 2.44. The second-order valence-corrected chi connectivity index (χ2v) is 5.94. The molecule has 4 heteroatoms. The molecule has 0 bridgehead atoms. The van der Waals surface area contributed by atoms with Gasteiger partial charge in [-0.05, 0) is 67.0 Å². The van der Waals surface area contributed by atoms with Crippen molar-refractivity contribution in [3.8, 4) is 0 Å². The Bertz CT molecular complexity index is 382. The van der Waals surface area contributed by atoms with Crippen LogP contribution in [0.1, 0.15) is 38.3 Å². The Labute approximate surface area is 116 Å². The number of rotatable bonds is 5. The maximum Gasteiger partial charge on any atom is 0.124 e. The first-order chi connectivity index (χ1) is 7.85. The smallest absolute Gasteiger partial charge is 0.124 e. The highest BCUT2D eigenvalue weighted by Crippen LogP contribution is 2.26. The minimum atomic E-state index is -0.220. The van der Waals surface area contributed by atoms with Gasteiger partial charge in [0.05, 0.1) is 5.60 Å². The Morgan fingerprint density at radius 3 is 2.65 bits per heavy atom. The Morgan fingerprint density at radius 2 is 2.12 bits per heavy atom. The van der Waals surface area contributed by atoms with Crippen molar-refractivity contribution in [2.75, 3.05) is 7.11 Å². The molecule has 0 fully saturated rings. The van der Waals surface area contributed by atoms with Crippen LogP contribution in [-0.4, -0.2) is 12.7 Å². The monoisotopic (exact) mass is 351 g/mol. The van der Waals surface area contributed by atoms with E-state index in [1.807, 2.05) is 13.8 Å². The number of halogens is 2. The summed E-state index contributed by atoms with van der Waals surface area (Å²) in [5.41, 5.74) is 6.96. The zero-order valence-electron chi connectivity index (χ0n) is 10.5. The molecule has 0 aromatic heterocycles. The summed E-state index contributed by atoms with van der Waals surface area (Å²) in [6.07, 6.45) is 1.70. The number of methoxy groups -OCH3 is 1. The van der Waals surface area contributed by atoms with E-state index in [1.54, 1.807) is 13.2 Å². The van der Waals surface area contributed by atoms with E-state index in [-0.39, 0.29) is 17.5 Å². The van der Waals surface area contributed by atoms with Crippen molar-refractivity contribution in [2.45, 2.75) is 38.3 Å². The van der Waals surface area contributed by atoms with Gasteiger partial charge in [0.1, 0.15) is 5.82 Å².